The van der Waals surface area contributed by atoms with Crippen molar-refractivity contribution in [2.75, 3.05) is 26.2 Å². The van der Waals surface area contributed by atoms with Gasteiger partial charge in [-0.25, -0.2) is 8.42 Å². The van der Waals surface area contributed by atoms with E-state index in [0.717, 1.165) is 23.6 Å². The SMILES string of the molecule is Cc1ccc(S(=O)(=O)N2CCN(Cc3ccc(C)o3)CC2)cc1. The second kappa shape index (κ2) is 6.47. The second-order valence-corrected chi connectivity index (χ2v) is 7.94. The zero-order chi connectivity index (χ0) is 16.4. The van der Waals surface area contributed by atoms with Crippen LogP contribution in [0.2, 0.25) is 0 Å². The molecule has 23 heavy (non-hydrogen) atoms. The molecule has 124 valence electrons. The van der Waals surface area contributed by atoms with Crippen molar-refractivity contribution in [2.45, 2.75) is 25.3 Å². The molecule has 1 fully saturated rings. The summed E-state index contributed by atoms with van der Waals surface area (Å²) in [7, 11) is -3.39. The van der Waals surface area contributed by atoms with Gasteiger partial charge in [0.05, 0.1) is 11.4 Å². The minimum atomic E-state index is -3.39. The van der Waals surface area contributed by atoms with Crippen LogP contribution in [-0.2, 0) is 16.6 Å². The molecule has 1 aliphatic heterocycles. The molecule has 1 aromatic heterocycles. The summed E-state index contributed by atoms with van der Waals surface area (Å²) < 4.78 is 32.5. The minimum absolute atomic E-state index is 0.373. The molecular weight excluding hydrogens is 312 g/mol. The van der Waals surface area contributed by atoms with Gasteiger partial charge in [-0.3, -0.25) is 4.90 Å². The third-order valence-electron chi connectivity index (χ3n) is 4.17. The number of aryl methyl sites for hydroxylation is 2. The molecule has 0 saturated carbocycles. The average molecular weight is 334 g/mol. The fourth-order valence-corrected chi connectivity index (χ4v) is 4.20. The summed E-state index contributed by atoms with van der Waals surface area (Å²) in [5, 5.41) is 0. The van der Waals surface area contributed by atoms with Crippen molar-refractivity contribution < 1.29 is 12.8 Å². The number of piperazine rings is 1. The lowest BCUT2D eigenvalue weighted by atomic mass is 10.2. The van der Waals surface area contributed by atoms with Crippen LogP contribution in [0.3, 0.4) is 0 Å². The van der Waals surface area contributed by atoms with E-state index >= 15 is 0 Å². The molecule has 0 N–H and O–H groups in total. The molecule has 0 atom stereocenters. The van der Waals surface area contributed by atoms with Crippen molar-refractivity contribution in [3.63, 3.8) is 0 Å². The molecule has 0 amide bonds. The number of benzene rings is 1. The zero-order valence-corrected chi connectivity index (χ0v) is 14.3. The Labute approximate surface area is 137 Å². The molecule has 1 saturated heterocycles. The predicted octanol–water partition coefficient (Wildman–Crippen LogP) is 2.40. The standard InChI is InChI=1S/C17H22N2O3S/c1-14-3-7-17(8-4-14)23(20,21)19-11-9-18(10-12-19)13-16-6-5-15(2)22-16/h3-8H,9-13H2,1-2H3. The lowest BCUT2D eigenvalue weighted by molar-refractivity contribution is 0.170. The maximum Gasteiger partial charge on any atom is 0.243 e. The number of hydrogen-bond donors (Lipinski definition) is 0. The predicted molar refractivity (Wildman–Crippen MR) is 88.7 cm³/mol. The molecule has 6 heteroatoms. The van der Waals surface area contributed by atoms with Gasteiger partial charge < -0.3 is 4.42 Å². The van der Waals surface area contributed by atoms with E-state index in [-0.39, 0.29) is 0 Å². The van der Waals surface area contributed by atoms with Crippen LogP contribution in [-0.4, -0.2) is 43.8 Å². The van der Waals surface area contributed by atoms with Crippen molar-refractivity contribution in [1.82, 2.24) is 9.21 Å². The number of hydrogen-bond acceptors (Lipinski definition) is 4. The van der Waals surface area contributed by atoms with Crippen molar-refractivity contribution in [1.29, 1.82) is 0 Å². The van der Waals surface area contributed by atoms with Gasteiger partial charge in [-0.05, 0) is 38.1 Å². The Balaban J connectivity index is 1.62. The topological polar surface area (TPSA) is 53.8 Å². The van der Waals surface area contributed by atoms with Gasteiger partial charge >= 0.3 is 0 Å². The summed E-state index contributed by atoms with van der Waals surface area (Å²) in [5.74, 6) is 1.83. The van der Waals surface area contributed by atoms with E-state index in [9.17, 15) is 8.42 Å². The summed E-state index contributed by atoms with van der Waals surface area (Å²) in [6.45, 7) is 7.05. The first-order valence-electron chi connectivity index (χ1n) is 7.80. The van der Waals surface area contributed by atoms with Crippen LogP contribution in [0.1, 0.15) is 17.1 Å². The normalized spacial score (nSPS) is 17.5. The quantitative estimate of drug-likeness (QED) is 0.861. The lowest BCUT2D eigenvalue weighted by Crippen LogP contribution is -2.48. The Morgan fingerprint density at radius 1 is 0.957 bits per heavy atom. The maximum absolute atomic E-state index is 12.7. The van der Waals surface area contributed by atoms with Crippen LogP contribution < -0.4 is 0 Å². The first-order chi connectivity index (χ1) is 10.9. The van der Waals surface area contributed by atoms with E-state index in [0.29, 0.717) is 31.1 Å². The molecule has 2 heterocycles. The molecule has 3 rings (SSSR count). The summed E-state index contributed by atoms with van der Waals surface area (Å²) in [6.07, 6.45) is 0. The van der Waals surface area contributed by atoms with Crippen molar-refractivity contribution in [2.24, 2.45) is 0 Å². The van der Waals surface area contributed by atoms with E-state index in [1.165, 1.54) is 0 Å². The molecular formula is C17H22N2O3S. The van der Waals surface area contributed by atoms with Gasteiger partial charge in [0.2, 0.25) is 10.0 Å². The summed E-state index contributed by atoms with van der Waals surface area (Å²) in [6, 6.07) is 11.0. The summed E-state index contributed by atoms with van der Waals surface area (Å²) in [4.78, 5) is 2.60. The highest BCUT2D eigenvalue weighted by Crippen LogP contribution is 2.19. The van der Waals surface area contributed by atoms with Crippen LogP contribution in [0, 0.1) is 13.8 Å². The number of sulfonamides is 1. The molecule has 1 aromatic carbocycles. The van der Waals surface area contributed by atoms with E-state index in [1.807, 2.05) is 38.1 Å². The van der Waals surface area contributed by atoms with Crippen molar-refractivity contribution in [3.8, 4) is 0 Å². The summed E-state index contributed by atoms with van der Waals surface area (Å²) >= 11 is 0. The molecule has 0 aliphatic carbocycles. The highest BCUT2D eigenvalue weighted by molar-refractivity contribution is 7.89. The Hall–Kier alpha value is -1.63. The molecule has 0 spiro atoms. The van der Waals surface area contributed by atoms with Crippen molar-refractivity contribution in [3.05, 3.63) is 53.5 Å². The molecule has 0 unspecified atom stereocenters. The third kappa shape index (κ3) is 3.65. The summed E-state index contributed by atoms with van der Waals surface area (Å²) in [5.41, 5.74) is 1.06. The first kappa shape index (κ1) is 16.2. The van der Waals surface area contributed by atoms with Gasteiger partial charge in [0.1, 0.15) is 11.5 Å². The number of furan rings is 1. The van der Waals surface area contributed by atoms with Crippen LogP contribution >= 0.6 is 0 Å². The highest BCUT2D eigenvalue weighted by atomic mass is 32.2. The number of nitrogens with zero attached hydrogens (tertiary/aromatic N) is 2. The lowest BCUT2D eigenvalue weighted by Gasteiger charge is -2.33. The van der Waals surface area contributed by atoms with Crippen molar-refractivity contribution >= 4 is 10.0 Å². The van der Waals surface area contributed by atoms with Gasteiger partial charge in [-0.2, -0.15) is 4.31 Å². The molecule has 2 aromatic rings. The maximum atomic E-state index is 12.7. The van der Waals surface area contributed by atoms with E-state index in [2.05, 4.69) is 4.90 Å². The second-order valence-electron chi connectivity index (χ2n) is 6.01. The van der Waals surface area contributed by atoms with Crippen LogP contribution in [0.5, 0.6) is 0 Å². The Bertz CT molecular complexity index is 757. The fraction of sp³-hybridized carbons (Fsp3) is 0.412. The van der Waals surface area contributed by atoms with Crippen LogP contribution in [0.25, 0.3) is 0 Å². The Morgan fingerprint density at radius 3 is 2.17 bits per heavy atom. The number of rotatable bonds is 4. The molecule has 0 bridgehead atoms. The Kier molecular flexibility index (Phi) is 4.57. The highest BCUT2D eigenvalue weighted by Gasteiger charge is 2.28. The smallest absolute Gasteiger partial charge is 0.243 e. The van der Waals surface area contributed by atoms with E-state index in [4.69, 9.17) is 4.42 Å². The van der Waals surface area contributed by atoms with Crippen LogP contribution in [0.15, 0.2) is 45.7 Å². The molecule has 1 aliphatic rings. The van der Waals surface area contributed by atoms with Gasteiger partial charge in [0, 0.05) is 26.2 Å². The molecule has 0 radical (unpaired) electrons. The fourth-order valence-electron chi connectivity index (χ4n) is 2.78. The zero-order valence-electron chi connectivity index (χ0n) is 13.5. The van der Waals surface area contributed by atoms with Gasteiger partial charge in [-0.1, -0.05) is 17.7 Å². The largest absolute Gasteiger partial charge is 0.465 e. The van der Waals surface area contributed by atoms with Gasteiger partial charge in [-0.15, -0.1) is 0 Å². The Morgan fingerprint density at radius 2 is 1.61 bits per heavy atom. The monoisotopic (exact) mass is 334 g/mol. The van der Waals surface area contributed by atoms with E-state index < -0.39 is 10.0 Å². The average Bonchev–Trinajstić information content (AvgIpc) is 2.93. The third-order valence-corrected chi connectivity index (χ3v) is 6.08. The van der Waals surface area contributed by atoms with Gasteiger partial charge in [0.15, 0.2) is 0 Å². The first-order valence-corrected chi connectivity index (χ1v) is 9.24. The van der Waals surface area contributed by atoms with E-state index in [1.54, 1.807) is 16.4 Å². The van der Waals surface area contributed by atoms with Gasteiger partial charge in [0.25, 0.3) is 0 Å². The minimum Gasteiger partial charge on any atom is -0.465 e. The van der Waals surface area contributed by atoms with Crippen LogP contribution in [0.4, 0.5) is 0 Å². The molecule has 5 nitrogen and oxygen atoms in total.